The SMILES string of the molecule is O=C1C=C([O-])C(=NN=C2C=CC(=Nc3ccc([N+](=O)[O-])cc3S(=O)(=O)O)C=C2)C=C1N=Nc1ccc([N-]N=C2C=CC(=Nc3ccc(N(O)O)cc3[S+](=O)(O)O)C=C2)c2c(S(=O)(=O)[O-])cccc12.[Na+].[Na+].[Na+]. The number of rotatable bonds is 12. The van der Waals surface area contributed by atoms with Crippen LogP contribution in [0, 0.1) is 10.1 Å². The van der Waals surface area contributed by atoms with Crippen molar-refractivity contribution in [2.24, 2.45) is 35.5 Å². The third-order valence-electron chi connectivity index (χ3n) is 9.17. The van der Waals surface area contributed by atoms with Crippen LogP contribution in [0.5, 0.6) is 0 Å². The number of aliphatic imine (C=N–C) groups is 2. The van der Waals surface area contributed by atoms with E-state index in [1.807, 2.05) is 0 Å². The molecule has 0 saturated heterocycles. The first-order valence-corrected chi connectivity index (χ1v) is 22.9. The molecule has 0 spiro atoms. The molecule has 3 aliphatic rings. The van der Waals surface area contributed by atoms with Gasteiger partial charge in [0.1, 0.15) is 26.4 Å². The van der Waals surface area contributed by atoms with Gasteiger partial charge in [0.15, 0.2) is 0 Å². The van der Waals surface area contributed by atoms with Crippen molar-refractivity contribution in [3.63, 3.8) is 0 Å². The molecule has 0 saturated carbocycles. The predicted molar refractivity (Wildman–Crippen MR) is 241 cm³/mol. The molecule has 0 unspecified atom stereocenters. The summed E-state index contributed by atoms with van der Waals surface area (Å²) in [4.78, 5) is 29.3. The topological polar surface area (TPSA) is 397 Å². The van der Waals surface area contributed by atoms with Gasteiger partial charge < -0.3 is 20.2 Å². The number of nitro benzene ring substituents is 1. The minimum Gasteiger partial charge on any atom is -0.871 e. The molecule has 5 N–H and O–H groups in total. The van der Waals surface area contributed by atoms with Crippen molar-refractivity contribution in [1.82, 2.24) is 0 Å². The molecule has 0 bridgehead atoms. The minimum absolute atomic E-state index is 0. The van der Waals surface area contributed by atoms with Gasteiger partial charge in [-0.25, -0.2) is 18.4 Å². The zero-order valence-electron chi connectivity index (χ0n) is 36.6. The molecular weight excluding hydrogens is 1030 g/mol. The Kier molecular flexibility index (Phi) is 19.8. The number of carbonyl (C=O) groups excluding carboxylic acids is 1. The van der Waals surface area contributed by atoms with Crippen LogP contribution in [0.2, 0.25) is 0 Å². The molecule has 4 aromatic rings. The maximum absolute atomic E-state index is 12.8. The number of hydrogen-bond donors (Lipinski definition) is 5. The number of azo groups is 1. The first-order valence-electron chi connectivity index (χ1n) is 18.5. The van der Waals surface area contributed by atoms with Crippen molar-refractivity contribution in [2.45, 2.75) is 14.7 Å². The average molecular weight is 1050 g/mol. The Balaban J connectivity index is 0.00000365. The van der Waals surface area contributed by atoms with E-state index in [9.17, 15) is 69.7 Å². The Bertz CT molecular complexity index is 3510. The van der Waals surface area contributed by atoms with Crippen LogP contribution in [0.25, 0.3) is 16.2 Å². The van der Waals surface area contributed by atoms with E-state index in [0.717, 1.165) is 42.5 Å². The standard InChI is InChI=1S/C40H28N10O15S3.3Na/c51-35-21-36(52)34(20-33(35)47-44-25-10-6-23(7-11-25)42-31-15-13-27(50(55)56)19-39(31)68(63,64)65)48-45-29-16-17-32(40-28(29)2-1-3-37(40)66(57,58)59)46-43-24-8-4-22(5-9-24)41-30-14-12-26(49(53)54)18-38(30)67(60,61)62;;;/h1-21,53-54H,(H5-,41,42,46,47,48,51,52,57,58,59,60,61,62,63,64,65);;;/q;3*+1/p-2. The molecule has 0 amide bonds. The van der Waals surface area contributed by atoms with Crippen molar-refractivity contribution in [3.05, 3.63) is 154 Å². The first-order chi connectivity index (χ1) is 32.0. The number of anilines is 1. The second-order valence-corrected chi connectivity index (χ2v) is 17.9. The number of benzene rings is 4. The van der Waals surface area contributed by atoms with E-state index >= 15 is 0 Å². The molecule has 0 atom stereocenters. The van der Waals surface area contributed by atoms with Crippen LogP contribution in [-0.2, 0) is 39.7 Å². The second kappa shape index (κ2) is 24.0. The van der Waals surface area contributed by atoms with Gasteiger partial charge in [0.05, 0.1) is 49.7 Å². The number of nitro groups is 1. The Labute approximate surface area is 468 Å². The number of non-ortho nitro benzene ring substituents is 1. The van der Waals surface area contributed by atoms with Crippen LogP contribution < -0.4 is 99.0 Å². The Morgan fingerprint density at radius 1 is 0.704 bits per heavy atom. The minimum atomic E-state index is -5.14. The summed E-state index contributed by atoms with van der Waals surface area (Å²) in [5.41, 5.74) is 2.53. The zero-order valence-corrected chi connectivity index (χ0v) is 45.1. The zero-order chi connectivity index (χ0) is 49.1. The quantitative estimate of drug-likeness (QED) is 0.0180. The summed E-state index contributed by atoms with van der Waals surface area (Å²) >= 11 is 0. The van der Waals surface area contributed by atoms with Crippen LogP contribution in [0.4, 0.5) is 34.1 Å². The molecule has 7 rings (SSSR count). The molecule has 4 aromatic carbocycles. The molecule has 0 aliphatic heterocycles. The fraction of sp³-hybridized carbons (Fsp3) is 0. The van der Waals surface area contributed by atoms with E-state index in [1.54, 1.807) is 0 Å². The summed E-state index contributed by atoms with van der Waals surface area (Å²) in [5, 5.41) is 61.9. The molecule has 0 aromatic heterocycles. The molecule has 71 heavy (non-hydrogen) atoms. The fourth-order valence-electron chi connectivity index (χ4n) is 6.06. The fourth-order valence-corrected chi connectivity index (χ4v) is 8.08. The largest absolute Gasteiger partial charge is 1.00 e. The molecule has 3 aliphatic carbocycles. The van der Waals surface area contributed by atoms with Gasteiger partial charge in [-0.1, -0.05) is 24.0 Å². The second-order valence-electron chi connectivity index (χ2n) is 13.7. The predicted octanol–water partition coefficient (Wildman–Crippen LogP) is -2.95. The van der Waals surface area contributed by atoms with Gasteiger partial charge in [-0.05, 0) is 101 Å². The van der Waals surface area contributed by atoms with Crippen LogP contribution in [0.15, 0.2) is 189 Å². The number of fused-ring (bicyclic) bond motifs is 1. The third-order valence-corrected chi connectivity index (χ3v) is 11.8. The smallest absolute Gasteiger partial charge is 0.871 e. The van der Waals surface area contributed by atoms with Crippen molar-refractivity contribution < 1.29 is 153 Å². The van der Waals surface area contributed by atoms with Crippen LogP contribution >= 0.6 is 0 Å². The van der Waals surface area contributed by atoms with Crippen molar-refractivity contribution in [3.8, 4) is 0 Å². The van der Waals surface area contributed by atoms with Crippen LogP contribution in [-0.4, -0.2) is 84.7 Å². The monoisotopic (exact) mass is 1050 g/mol. The maximum Gasteiger partial charge on any atom is 1.00 e. The summed E-state index contributed by atoms with van der Waals surface area (Å²) in [6.45, 7) is 0. The van der Waals surface area contributed by atoms with Gasteiger partial charge in [0.2, 0.25) is 5.78 Å². The Hall–Kier alpha value is -5.19. The molecule has 0 fully saturated rings. The molecule has 25 nitrogen and oxygen atoms in total. The summed E-state index contributed by atoms with van der Waals surface area (Å²) in [6.07, 6.45) is 12.8. The van der Waals surface area contributed by atoms with Crippen LogP contribution in [0.3, 0.4) is 0 Å². The van der Waals surface area contributed by atoms with E-state index in [4.69, 9.17) is 0 Å². The molecule has 0 radical (unpaired) electrons. The molecule has 0 heterocycles. The summed E-state index contributed by atoms with van der Waals surface area (Å²) in [6, 6.07) is 12.2. The summed E-state index contributed by atoms with van der Waals surface area (Å²) in [7, 11) is -14.6. The van der Waals surface area contributed by atoms with Gasteiger partial charge >= 0.3 is 99.2 Å². The number of ketones is 1. The number of carbonyl (C=O) groups is 1. The third kappa shape index (κ3) is 14.5. The molecule has 346 valence electrons. The van der Waals surface area contributed by atoms with Crippen LogP contribution in [0.1, 0.15) is 0 Å². The average Bonchev–Trinajstić information content (AvgIpc) is 3.27. The number of nitrogens with zero attached hydrogens (tertiary/aromatic N) is 10. The molecule has 31 heteroatoms. The van der Waals surface area contributed by atoms with Gasteiger partial charge in [0, 0.05) is 29.3 Å². The van der Waals surface area contributed by atoms with E-state index < -0.39 is 67.6 Å². The number of allylic oxidation sites excluding steroid dienone is 10. The van der Waals surface area contributed by atoms with Gasteiger partial charge in [0.25, 0.3) is 20.7 Å². The van der Waals surface area contributed by atoms with Gasteiger partial charge in [-0.15, -0.1) is 21.1 Å². The van der Waals surface area contributed by atoms with Crippen molar-refractivity contribution >= 4 is 110 Å². The van der Waals surface area contributed by atoms with Gasteiger partial charge in [-0.2, -0.15) is 27.7 Å². The van der Waals surface area contributed by atoms with Crippen molar-refractivity contribution in [2.75, 3.05) is 5.23 Å². The number of hydrogen-bond acceptors (Lipinski definition) is 20. The summed E-state index contributed by atoms with van der Waals surface area (Å²) in [5.74, 6) is -1.70. The maximum atomic E-state index is 12.8. The van der Waals surface area contributed by atoms with Gasteiger partial charge in [-0.3, -0.25) is 29.9 Å². The Morgan fingerprint density at radius 3 is 1.89 bits per heavy atom. The summed E-state index contributed by atoms with van der Waals surface area (Å²) < 4.78 is 102. The molecular formula is C40H26N10Na3O15S3+. The van der Waals surface area contributed by atoms with E-state index in [1.165, 1.54) is 72.9 Å². The van der Waals surface area contributed by atoms with E-state index in [-0.39, 0.29) is 167 Å². The van der Waals surface area contributed by atoms with E-state index in [0.29, 0.717) is 12.1 Å². The van der Waals surface area contributed by atoms with Crippen molar-refractivity contribution in [1.29, 1.82) is 0 Å². The normalized spacial score (nSPS) is 15.1. The Morgan fingerprint density at radius 2 is 1.30 bits per heavy atom. The first kappa shape index (κ1) is 58.4. The van der Waals surface area contributed by atoms with E-state index in [2.05, 4.69) is 40.9 Å².